The quantitative estimate of drug-likeness (QED) is 0.301. The van der Waals surface area contributed by atoms with Crippen molar-refractivity contribution in [3.63, 3.8) is 0 Å². The van der Waals surface area contributed by atoms with Crippen LogP contribution in [0, 0.1) is 11.7 Å². The Balaban J connectivity index is 2.53. The monoisotopic (exact) mass is 345 g/mol. The van der Waals surface area contributed by atoms with E-state index in [1.807, 2.05) is 18.2 Å². The van der Waals surface area contributed by atoms with Crippen molar-refractivity contribution >= 4 is 0 Å². The Hall–Kier alpha value is -1.41. The fourth-order valence-electron chi connectivity index (χ4n) is 3.20. The summed E-state index contributed by atoms with van der Waals surface area (Å²) in [5.74, 6) is 0.405. The molecule has 140 valence electrons. The highest BCUT2D eigenvalue weighted by Gasteiger charge is 2.12. The minimum absolute atomic E-state index is 0.0730. The van der Waals surface area contributed by atoms with Gasteiger partial charge in [0.25, 0.3) is 0 Å². The molecule has 0 aliphatic rings. The molecule has 0 aliphatic carbocycles. The Labute approximate surface area is 154 Å². The number of benzene rings is 1. The number of rotatable bonds is 14. The molecule has 1 aromatic carbocycles. The highest BCUT2D eigenvalue weighted by Crippen LogP contribution is 2.18. The predicted octanol–water partition coefficient (Wildman–Crippen LogP) is 6.46. The van der Waals surface area contributed by atoms with Gasteiger partial charge in [0.05, 0.1) is 0 Å². The topological polar surface area (TPSA) is 12.0 Å². The fraction of sp³-hybridized carbons (Fsp3) is 0.565. The van der Waals surface area contributed by atoms with E-state index in [9.17, 15) is 4.39 Å². The molecule has 0 amide bonds. The van der Waals surface area contributed by atoms with Crippen LogP contribution in [0.3, 0.4) is 0 Å². The predicted molar refractivity (Wildman–Crippen MR) is 108 cm³/mol. The molecule has 2 heteroatoms. The minimum Gasteiger partial charge on any atom is -0.312 e. The first-order valence-electron chi connectivity index (χ1n) is 9.96. The molecular formula is C23H36FN. The van der Waals surface area contributed by atoms with Gasteiger partial charge in [0.1, 0.15) is 5.82 Å². The average Bonchev–Trinajstić information content (AvgIpc) is 2.62. The number of allylic oxidation sites excluding steroid dienone is 1. The molecule has 0 fully saturated rings. The van der Waals surface area contributed by atoms with E-state index in [1.54, 1.807) is 12.1 Å². The van der Waals surface area contributed by atoms with Crippen molar-refractivity contribution in [2.45, 2.75) is 65.2 Å². The van der Waals surface area contributed by atoms with Crippen LogP contribution < -0.4 is 5.32 Å². The van der Waals surface area contributed by atoms with E-state index >= 15 is 0 Å². The average molecular weight is 346 g/mol. The maximum atomic E-state index is 14.0. The molecule has 1 nitrogen and oxygen atoms in total. The number of halogens is 1. The van der Waals surface area contributed by atoms with Gasteiger partial charge in [-0.15, -0.1) is 0 Å². The summed E-state index contributed by atoms with van der Waals surface area (Å²) in [5, 5.41) is 3.55. The molecule has 0 heterocycles. The highest BCUT2D eigenvalue weighted by molar-refractivity contribution is 5.19. The van der Waals surface area contributed by atoms with Crippen molar-refractivity contribution in [3.8, 4) is 0 Å². The number of hydrogen-bond acceptors (Lipinski definition) is 1. The Morgan fingerprint density at radius 3 is 2.60 bits per heavy atom. The van der Waals surface area contributed by atoms with Gasteiger partial charge in [-0.05, 0) is 48.9 Å². The van der Waals surface area contributed by atoms with Gasteiger partial charge in [-0.2, -0.15) is 0 Å². The van der Waals surface area contributed by atoms with E-state index < -0.39 is 0 Å². The molecule has 0 aliphatic heterocycles. The zero-order valence-corrected chi connectivity index (χ0v) is 16.2. The maximum Gasteiger partial charge on any atom is 0.126 e. The number of hydrogen-bond donors (Lipinski definition) is 1. The van der Waals surface area contributed by atoms with E-state index in [-0.39, 0.29) is 5.82 Å². The molecule has 0 saturated heterocycles. The SMILES string of the molecule is C=C/C(=C/CC)CNCC(CCCCCCC)Cc1ccccc1F. The normalized spacial score (nSPS) is 13.0. The fourth-order valence-corrected chi connectivity index (χ4v) is 3.20. The Morgan fingerprint density at radius 2 is 1.92 bits per heavy atom. The van der Waals surface area contributed by atoms with Crippen LogP contribution in [0.1, 0.15) is 64.4 Å². The van der Waals surface area contributed by atoms with Crippen molar-refractivity contribution in [1.29, 1.82) is 0 Å². The summed E-state index contributed by atoms with van der Waals surface area (Å²) in [7, 11) is 0. The highest BCUT2D eigenvalue weighted by atomic mass is 19.1. The molecule has 25 heavy (non-hydrogen) atoms. The van der Waals surface area contributed by atoms with Crippen LogP contribution >= 0.6 is 0 Å². The first kappa shape index (κ1) is 21.6. The van der Waals surface area contributed by atoms with Crippen LogP contribution in [0.25, 0.3) is 0 Å². The van der Waals surface area contributed by atoms with Gasteiger partial charge in [0.2, 0.25) is 0 Å². The lowest BCUT2D eigenvalue weighted by Crippen LogP contribution is -2.26. The van der Waals surface area contributed by atoms with Gasteiger partial charge in [-0.25, -0.2) is 4.39 Å². The standard InChI is InChI=1S/C23H36FN/c1-4-7-8-9-10-14-21(17-22-15-11-12-16-23(22)24)19-25-18-20(6-3)13-5-2/h6,11-13,15-16,21,25H,3-5,7-10,14,17-19H2,1-2H3/b20-13-. The van der Waals surface area contributed by atoms with Gasteiger partial charge in [-0.1, -0.05) is 82.9 Å². The minimum atomic E-state index is -0.0730. The molecule has 0 bridgehead atoms. The number of unbranched alkanes of at least 4 members (excludes halogenated alkanes) is 4. The second kappa shape index (κ2) is 13.8. The second-order valence-corrected chi connectivity index (χ2v) is 6.89. The largest absolute Gasteiger partial charge is 0.312 e. The molecule has 0 radical (unpaired) electrons. The van der Waals surface area contributed by atoms with Gasteiger partial charge < -0.3 is 5.32 Å². The van der Waals surface area contributed by atoms with E-state index in [1.165, 1.54) is 37.7 Å². The summed E-state index contributed by atoms with van der Waals surface area (Å²) >= 11 is 0. The molecule has 1 aromatic rings. The van der Waals surface area contributed by atoms with Crippen LogP contribution in [0.5, 0.6) is 0 Å². The van der Waals surface area contributed by atoms with Gasteiger partial charge >= 0.3 is 0 Å². The lowest BCUT2D eigenvalue weighted by molar-refractivity contribution is 0.420. The summed E-state index contributed by atoms with van der Waals surface area (Å²) in [6.45, 7) is 10.0. The van der Waals surface area contributed by atoms with Crippen molar-refractivity contribution in [2.75, 3.05) is 13.1 Å². The third-order valence-electron chi connectivity index (χ3n) is 4.67. The molecule has 0 saturated carbocycles. The summed E-state index contributed by atoms with van der Waals surface area (Å²) < 4.78 is 14.0. The Kier molecular flexibility index (Phi) is 12.0. The van der Waals surface area contributed by atoms with Crippen molar-refractivity contribution in [2.24, 2.45) is 5.92 Å². The third-order valence-corrected chi connectivity index (χ3v) is 4.67. The molecule has 0 aromatic heterocycles. The molecule has 1 unspecified atom stereocenters. The van der Waals surface area contributed by atoms with Crippen LogP contribution in [-0.2, 0) is 6.42 Å². The van der Waals surface area contributed by atoms with Gasteiger partial charge in [0, 0.05) is 6.54 Å². The molecular weight excluding hydrogens is 309 g/mol. The first-order chi connectivity index (χ1) is 12.2. The zero-order chi connectivity index (χ0) is 18.3. The van der Waals surface area contributed by atoms with Crippen molar-refractivity contribution in [3.05, 3.63) is 60.0 Å². The van der Waals surface area contributed by atoms with Crippen molar-refractivity contribution in [1.82, 2.24) is 5.32 Å². The molecule has 0 spiro atoms. The molecule has 1 atom stereocenters. The number of nitrogens with one attached hydrogen (secondary N) is 1. The molecule has 1 N–H and O–H groups in total. The van der Waals surface area contributed by atoms with E-state index in [4.69, 9.17) is 0 Å². The lowest BCUT2D eigenvalue weighted by Gasteiger charge is -2.18. The summed E-state index contributed by atoms with van der Waals surface area (Å²) in [5.41, 5.74) is 2.09. The van der Waals surface area contributed by atoms with Crippen LogP contribution in [0.2, 0.25) is 0 Å². The van der Waals surface area contributed by atoms with Crippen LogP contribution in [0.15, 0.2) is 48.6 Å². The summed E-state index contributed by atoms with van der Waals surface area (Å²) in [6.07, 6.45) is 13.6. The van der Waals surface area contributed by atoms with Gasteiger partial charge in [-0.3, -0.25) is 0 Å². The molecule has 1 rings (SSSR count). The van der Waals surface area contributed by atoms with Crippen LogP contribution in [0.4, 0.5) is 4.39 Å². The van der Waals surface area contributed by atoms with Gasteiger partial charge in [0.15, 0.2) is 0 Å². The smallest absolute Gasteiger partial charge is 0.126 e. The Morgan fingerprint density at radius 1 is 1.16 bits per heavy atom. The second-order valence-electron chi connectivity index (χ2n) is 6.89. The van der Waals surface area contributed by atoms with Crippen LogP contribution in [-0.4, -0.2) is 13.1 Å². The summed E-state index contributed by atoms with van der Waals surface area (Å²) in [4.78, 5) is 0. The zero-order valence-electron chi connectivity index (χ0n) is 16.2. The van der Waals surface area contributed by atoms with E-state index in [0.29, 0.717) is 5.92 Å². The van der Waals surface area contributed by atoms with Crippen molar-refractivity contribution < 1.29 is 4.39 Å². The Bertz CT molecular complexity index is 507. The van der Waals surface area contributed by atoms with E-state index in [0.717, 1.165) is 37.9 Å². The first-order valence-corrected chi connectivity index (χ1v) is 9.96. The summed E-state index contributed by atoms with van der Waals surface area (Å²) in [6, 6.07) is 7.19. The third kappa shape index (κ3) is 9.60. The maximum absolute atomic E-state index is 14.0. The lowest BCUT2D eigenvalue weighted by atomic mass is 9.93. The van der Waals surface area contributed by atoms with E-state index in [2.05, 4.69) is 31.8 Å².